The molecule has 2 aromatic rings. The summed E-state index contributed by atoms with van der Waals surface area (Å²) in [7, 11) is -7.64. The summed E-state index contributed by atoms with van der Waals surface area (Å²) >= 11 is 6.27. The summed E-state index contributed by atoms with van der Waals surface area (Å²) in [5.41, 5.74) is -0.467. The van der Waals surface area contributed by atoms with Crippen molar-refractivity contribution in [3.8, 4) is 0 Å². The van der Waals surface area contributed by atoms with E-state index in [9.17, 15) is 34.8 Å². The summed E-state index contributed by atoms with van der Waals surface area (Å²) < 4.78 is 95.6. The van der Waals surface area contributed by atoms with Gasteiger partial charge in [-0.25, -0.2) is 21.6 Å². The van der Waals surface area contributed by atoms with Crippen LogP contribution in [0.25, 0.3) is 0 Å². The third-order valence-electron chi connectivity index (χ3n) is 7.15. The maximum Gasteiger partial charge on any atom is 0.264 e. The molecule has 2 unspecified atom stereocenters. The predicted octanol–water partition coefficient (Wildman–Crippen LogP) is 4.81. The van der Waals surface area contributed by atoms with Crippen LogP contribution in [0.4, 0.5) is 18.9 Å². The Bertz CT molecular complexity index is 1430. The largest absolute Gasteiger partial charge is 0.322 e. The van der Waals surface area contributed by atoms with Crippen molar-refractivity contribution in [2.24, 2.45) is 23.7 Å². The number of nitrogens with one attached hydrogen (secondary N) is 1. The lowest BCUT2D eigenvalue weighted by Crippen LogP contribution is -2.39. The summed E-state index contributed by atoms with van der Waals surface area (Å²) in [5, 5.41) is 1.38. The Balaban J connectivity index is 1.59. The number of sulfone groups is 1. The molecule has 1 N–H and O–H groups in total. The second-order valence-corrected chi connectivity index (χ2v) is 14.0. The number of carbonyl (C=O) groups excluding carboxylic acids is 1. The highest BCUT2D eigenvalue weighted by Crippen LogP contribution is 2.52. The van der Waals surface area contributed by atoms with E-state index in [0.717, 1.165) is 12.3 Å². The predicted molar refractivity (Wildman–Crippen MR) is 131 cm³/mol. The zero-order valence-corrected chi connectivity index (χ0v) is 22.3. The topological polar surface area (TPSA) is 107 Å². The molecular formula is C24H25ClF3NO6S2. The molecule has 202 valence electrons. The van der Waals surface area contributed by atoms with E-state index in [1.165, 1.54) is 12.1 Å². The van der Waals surface area contributed by atoms with Gasteiger partial charge in [-0.15, -0.1) is 0 Å². The minimum absolute atomic E-state index is 0.00763. The van der Waals surface area contributed by atoms with Crippen molar-refractivity contribution in [2.75, 3.05) is 18.2 Å². The molecule has 4 rings (SSSR count). The molecule has 2 bridgehead atoms. The van der Waals surface area contributed by atoms with E-state index in [4.69, 9.17) is 15.8 Å². The smallest absolute Gasteiger partial charge is 0.264 e. The SMILES string of the molecule is C[C@H]1C[C@H]2C[C@H](COS(C)(=O)=O)CC1C2S(=O)(=O)c1cc(C(=O)Nc2cc(F)c(F)c(F)c2)ccc1Cl. The van der Waals surface area contributed by atoms with Gasteiger partial charge in [0.05, 0.1) is 28.0 Å². The number of hydrogen-bond acceptors (Lipinski definition) is 6. The van der Waals surface area contributed by atoms with Crippen LogP contribution in [0.2, 0.25) is 5.02 Å². The normalized spacial score (nSPS) is 25.7. The molecule has 0 saturated heterocycles. The number of carbonyl (C=O) groups is 1. The Morgan fingerprint density at radius 1 is 1.05 bits per heavy atom. The highest BCUT2D eigenvalue weighted by Gasteiger charge is 2.53. The number of rotatable bonds is 7. The van der Waals surface area contributed by atoms with E-state index in [2.05, 4.69) is 5.32 Å². The highest BCUT2D eigenvalue weighted by molar-refractivity contribution is 7.92. The van der Waals surface area contributed by atoms with Gasteiger partial charge >= 0.3 is 0 Å². The number of benzene rings is 2. The molecule has 1 amide bonds. The van der Waals surface area contributed by atoms with Crippen LogP contribution in [0.15, 0.2) is 35.2 Å². The molecule has 13 heteroatoms. The van der Waals surface area contributed by atoms with Crippen molar-refractivity contribution in [3.63, 3.8) is 0 Å². The van der Waals surface area contributed by atoms with E-state index in [-0.39, 0.29) is 51.4 Å². The van der Waals surface area contributed by atoms with E-state index in [1.54, 1.807) is 0 Å². The molecule has 0 heterocycles. The lowest BCUT2D eigenvalue weighted by atomic mass is 9.80. The summed E-state index contributed by atoms with van der Waals surface area (Å²) in [6.45, 7) is 1.95. The van der Waals surface area contributed by atoms with Gasteiger partial charge in [0.25, 0.3) is 16.0 Å². The highest BCUT2D eigenvalue weighted by atomic mass is 35.5. The fourth-order valence-electron chi connectivity index (χ4n) is 5.65. The lowest BCUT2D eigenvalue weighted by molar-refractivity contribution is 0.102. The van der Waals surface area contributed by atoms with Crippen LogP contribution in [0.3, 0.4) is 0 Å². The van der Waals surface area contributed by atoms with Crippen LogP contribution in [-0.4, -0.2) is 40.9 Å². The van der Waals surface area contributed by atoms with Crippen molar-refractivity contribution in [2.45, 2.75) is 36.3 Å². The van der Waals surface area contributed by atoms with Gasteiger partial charge < -0.3 is 5.32 Å². The molecule has 37 heavy (non-hydrogen) atoms. The number of halogens is 4. The number of fused-ring (bicyclic) bond motifs is 2. The third kappa shape index (κ3) is 5.81. The molecule has 0 spiro atoms. The summed E-state index contributed by atoms with van der Waals surface area (Å²) in [6.07, 6.45) is 2.55. The fraction of sp³-hybridized carbons (Fsp3) is 0.458. The zero-order chi connectivity index (χ0) is 27.3. The molecule has 0 aromatic heterocycles. The van der Waals surface area contributed by atoms with E-state index >= 15 is 0 Å². The molecule has 2 aliphatic rings. The Labute approximate surface area is 218 Å². The van der Waals surface area contributed by atoms with Crippen LogP contribution in [0, 0.1) is 41.1 Å². The van der Waals surface area contributed by atoms with Gasteiger partial charge in [0, 0.05) is 23.4 Å². The van der Waals surface area contributed by atoms with Crippen molar-refractivity contribution in [3.05, 3.63) is 58.4 Å². The Morgan fingerprint density at radius 3 is 2.30 bits per heavy atom. The average Bonchev–Trinajstić information content (AvgIpc) is 3.01. The van der Waals surface area contributed by atoms with Gasteiger partial charge in [0.15, 0.2) is 27.3 Å². The van der Waals surface area contributed by atoms with Crippen molar-refractivity contribution < 1.29 is 39.0 Å². The molecule has 2 fully saturated rings. The van der Waals surface area contributed by atoms with Crippen LogP contribution in [0.1, 0.15) is 36.5 Å². The molecular weight excluding hydrogens is 555 g/mol. The van der Waals surface area contributed by atoms with E-state index in [1.807, 2.05) is 6.92 Å². The second kappa shape index (κ2) is 10.2. The molecule has 0 aliphatic heterocycles. The molecule has 2 saturated carbocycles. The second-order valence-electron chi connectivity index (χ2n) is 9.83. The standard InChI is InChI=1S/C24H25ClF3NO6S2/c1-12-5-15-6-13(11-35-36(2,31)32)7-17(12)23(15)37(33,34)21-8-14(3-4-18(21)25)24(30)29-16-9-19(26)22(28)20(27)10-16/h3-4,8-10,12-13,15,17,23H,5-7,11H2,1-2H3,(H,29,30)/t12-,13-,15-,17?,23?/m0/s1. The maximum atomic E-state index is 13.8. The molecule has 7 nitrogen and oxygen atoms in total. The lowest BCUT2D eigenvalue weighted by Gasteiger charge is -2.35. The maximum absolute atomic E-state index is 13.8. The van der Waals surface area contributed by atoms with Gasteiger partial charge in [-0.2, -0.15) is 8.42 Å². The van der Waals surface area contributed by atoms with Crippen LogP contribution >= 0.6 is 11.6 Å². The fourth-order valence-corrected chi connectivity index (χ4v) is 9.02. The van der Waals surface area contributed by atoms with Crippen LogP contribution in [0.5, 0.6) is 0 Å². The Morgan fingerprint density at radius 2 is 1.70 bits per heavy atom. The first-order valence-electron chi connectivity index (χ1n) is 11.5. The molecule has 0 radical (unpaired) electrons. The molecule has 2 aliphatic carbocycles. The monoisotopic (exact) mass is 579 g/mol. The van der Waals surface area contributed by atoms with Crippen molar-refractivity contribution in [1.29, 1.82) is 0 Å². The third-order valence-corrected chi connectivity index (χ3v) is 10.6. The Hall–Kier alpha value is -2.15. The van der Waals surface area contributed by atoms with Gasteiger partial charge in [0.2, 0.25) is 0 Å². The van der Waals surface area contributed by atoms with E-state index < -0.39 is 48.6 Å². The van der Waals surface area contributed by atoms with Crippen molar-refractivity contribution in [1.82, 2.24) is 0 Å². The van der Waals surface area contributed by atoms with Gasteiger partial charge in [-0.1, -0.05) is 18.5 Å². The first-order chi connectivity index (χ1) is 17.2. The first-order valence-corrected chi connectivity index (χ1v) is 15.2. The first kappa shape index (κ1) is 27.9. The van der Waals surface area contributed by atoms with Gasteiger partial charge in [-0.05, 0) is 61.1 Å². The summed E-state index contributed by atoms with van der Waals surface area (Å²) in [5.74, 6) is -6.06. The molecule has 5 atom stereocenters. The van der Waals surface area contributed by atoms with Crippen molar-refractivity contribution >= 4 is 43.2 Å². The van der Waals surface area contributed by atoms with E-state index in [0.29, 0.717) is 31.4 Å². The summed E-state index contributed by atoms with van der Waals surface area (Å²) in [4.78, 5) is 12.5. The number of hydrogen-bond donors (Lipinski definition) is 1. The zero-order valence-electron chi connectivity index (χ0n) is 19.9. The van der Waals surface area contributed by atoms with Crippen LogP contribution < -0.4 is 5.32 Å². The quantitative estimate of drug-likeness (QED) is 0.373. The van der Waals surface area contributed by atoms with Gasteiger partial charge in [0.1, 0.15) is 0 Å². The minimum atomic E-state index is -4.02. The molecule has 2 aromatic carbocycles. The van der Waals surface area contributed by atoms with Gasteiger partial charge in [-0.3, -0.25) is 8.98 Å². The number of anilines is 1. The van der Waals surface area contributed by atoms with Crippen LogP contribution in [-0.2, 0) is 24.1 Å². The number of amides is 1. The summed E-state index contributed by atoms with van der Waals surface area (Å²) in [6, 6.07) is 4.85. The Kier molecular flexibility index (Phi) is 7.68. The average molecular weight is 580 g/mol. The minimum Gasteiger partial charge on any atom is -0.322 e.